The Bertz CT molecular complexity index is 481. The maximum atomic E-state index is 11.4. The van der Waals surface area contributed by atoms with E-state index in [0.717, 1.165) is 16.1 Å². The molecule has 2 atom stereocenters. The van der Waals surface area contributed by atoms with Crippen LogP contribution in [0.15, 0.2) is 18.2 Å². The first-order valence-electron chi connectivity index (χ1n) is 5.54. The van der Waals surface area contributed by atoms with E-state index >= 15 is 0 Å². The van der Waals surface area contributed by atoms with Crippen LogP contribution in [0.2, 0.25) is 5.02 Å². The molecule has 5 heteroatoms. The molecule has 4 nitrogen and oxygen atoms in total. The van der Waals surface area contributed by atoms with Gasteiger partial charge in [0.15, 0.2) is 0 Å². The topological polar surface area (TPSA) is 63.2 Å². The minimum atomic E-state index is 0.0187. The zero-order valence-corrected chi connectivity index (χ0v) is 11.0. The molecule has 1 aliphatic heterocycles. The van der Waals surface area contributed by atoms with Crippen LogP contribution in [0.3, 0.4) is 0 Å². The van der Waals surface area contributed by atoms with Gasteiger partial charge in [0.05, 0.1) is 0 Å². The molecule has 1 saturated heterocycles. The summed E-state index contributed by atoms with van der Waals surface area (Å²) >= 11 is 6.18. The van der Waals surface area contributed by atoms with Crippen LogP contribution in [0, 0.1) is 12.8 Å². The van der Waals surface area contributed by atoms with Crippen molar-refractivity contribution in [3.63, 3.8) is 0 Å². The van der Waals surface area contributed by atoms with Crippen molar-refractivity contribution in [2.75, 3.05) is 6.54 Å². The van der Waals surface area contributed by atoms with Gasteiger partial charge in [-0.2, -0.15) is 9.59 Å². The third-order valence-corrected chi connectivity index (χ3v) is 3.40. The summed E-state index contributed by atoms with van der Waals surface area (Å²) < 4.78 is 0. The zero-order valence-electron chi connectivity index (χ0n) is 10.2. The molecule has 0 spiro atoms. The minimum Gasteiger partial charge on any atom is -0.355 e. The number of nitrogens with one attached hydrogen (secondary N) is 1. The summed E-state index contributed by atoms with van der Waals surface area (Å²) in [5, 5.41) is 3.63. The lowest BCUT2D eigenvalue weighted by Crippen LogP contribution is -2.16. The first-order valence-corrected chi connectivity index (χ1v) is 5.92. The van der Waals surface area contributed by atoms with Gasteiger partial charge in [-0.05, 0) is 24.1 Å². The highest BCUT2D eigenvalue weighted by molar-refractivity contribution is 6.31. The molecule has 0 unspecified atom stereocenters. The largest absolute Gasteiger partial charge is 0.373 e. The van der Waals surface area contributed by atoms with Crippen LogP contribution in [0.1, 0.15) is 24.0 Å². The number of carbonyl (C=O) groups excluding carboxylic acids is 3. The van der Waals surface area contributed by atoms with E-state index in [1.807, 2.05) is 32.0 Å². The van der Waals surface area contributed by atoms with Crippen molar-refractivity contribution in [3.05, 3.63) is 34.3 Å². The van der Waals surface area contributed by atoms with E-state index in [-0.39, 0.29) is 23.9 Å². The first kappa shape index (κ1) is 14.4. The molecule has 18 heavy (non-hydrogen) atoms. The molecule has 0 radical (unpaired) electrons. The van der Waals surface area contributed by atoms with E-state index in [9.17, 15) is 4.79 Å². The maximum Gasteiger partial charge on any atom is 0.373 e. The summed E-state index contributed by atoms with van der Waals surface area (Å²) in [6.07, 6.45) is 0.250. The number of carbonyl (C=O) groups is 1. The normalized spacial score (nSPS) is 21.6. The van der Waals surface area contributed by atoms with Crippen molar-refractivity contribution >= 4 is 23.7 Å². The average Bonchev–Trinajstić information content (AvgIpc) is 2.62. The second kappa shape index (κ2) is 6.34. The van der Waals surface area contributed by atoms with Crippen molar-refractivity contribution in [1.29, 1.82) is 0 Å². The van der Waals surface area contributed by atoms with Gasteiger partial charge >= 0.3 is 6.15 Å². The summed E-state index contributed by atoms with van der Waals surface area (Å²) in [5.41, 5.74) is 2.22. The minimum absolute atomic E-state index is 0.0187. The van der Waals surface area contributed by atoms with Crippen molar-refractivity contribution < 1.29 is 14.4 Å². The van der Waals surface area contributed by atoms with Crippen LogP contribution in [0.5, 0.6) is 0 Å². The quantitative estimate of drug-likeness (QED) is 0.845. The van der Waals surface area contributed by atoms with Crippen LogP contribution >= 0.6 is 11.6 Å². The number of aryl methyl sites for hydroxylation is 1. The molecule has 1 N–H and O–H groups in total. The Morgan fingerprint density at radius 3 is 2.44 bits per heavy atom. The second-order valence-corrected chi connectivity index (χ2v) is 4.66. The fourth-order valence-electron chi connectivity index (χ4n) is 2.04. The van der Waals surface area contributed by atoms with E-state index in [1.54, 1.807) is 0 Å². The standard InChI is InChI=1S/C12H14ClNO.CO2/c1-7-3-4-9(11(13)5-7)10-6-14-12(15)8(10)2;2-1-3/h3-5,8,10H,6H2,1-2H3,(H,14,15);/t8-,10+;/m0./s1. The van der Waals surface area contributed by atoms with Crippen molar-refractivity contribution in [2.24, 2.45) is 5.92 Å². The van der Waals surface area contributed by atoms with Crippen LogP contribution in [0.25, 0.3) is 0 Å². The molecule has 1 amide bonds. The summed E-state index contributed by atoms with van der Waals surface area (Å²) in [6, 6.07) is 6.02. The first-order chi connectivity index (χ1) is 8.51. The fraction of sp³-hybridized carbons (Fsp3) is 0.385. The van der Waals surface area contributed by atoms with E-state index in [0.29, 0.717) is 6.54 Å². The Morgan fingerprint density at radius 1 is 1.39 bits per heavy atom. The van der Waals surface area contributed by atoms with Crippen LogP contribution in [0.4, 0.5) is 0 Å². The van der Waals surface area contributed by atoms with Crippen molar-refractivity contribution in [1.82, 2.24) is 5.32 Å². The fourth-order valence-corrected chi connectivity index (χ4v) is 2.42. The predicted octanol–water partition coefficient (Wildman–Crippen LogP) is 1.91. The molecule has 0 aliphatic carbocycles. The highest BCUT2D eigenvalue weighted by Gasteiger charge is 2.32. The Morgan fingerprint density at radius 2 is 2.00 bits per heavy atom. The average molecular weight is 268 g/mol. The van der Waals surface area contributed by atoms with Gasteiger partial charge in [0.2, 0.25) is 5.91 Å². The Hall–Kier alpha value is -1.64. The maximum absolute atomic E-state index is 11.4. The molecule has 0 aromatic heterocycles. The Labute approximate surface area is 110 Å². The molecular formula is C13H14ClNO3. The molecule has 1 aliphatic rings. The summed E-state index contributed by atoms with van der Waals surface area (Å²) in [5.74, 6) is 0.354. The Kier molecular flexibility index (Phi) is 5.08. The number of halogens is 1. The molecular weight excluding hydrogens is 254 g/mol. The van der Waals surface area contributed by atoms with Crippen molar-refractivity contribution in [2.45, 2.75) is 19.8 Å². The molecule has 2 rings (SSSR count). The monoisotopic (exact) mass is 267 g/mol. The third-order valence-electron chi connectivity index (χ3n) is 3.07. The van der Waals surface area contributed by atoms with Gasteiger partial charge < -0.3 is 5.32 Å². The predicted molar refractivity (Wildman–Crippen MR) is 66.1 cm³/mol. The van der Waals surface area contributed by atoms with Gasteiger partial charge in [0, 0.05) is 23.4 Å². The molecule has 1 fully saturated rings. The molecule has 96 valence electrons. The van der Waals surface area contributed by atoms with Crippen LogP contribution < -0.4 is 5.32 Å². The molecule has 0 saturated carbocycles. The zero-order chi connectivity index (χ0) is 13.7. The van der Waals surface area contributed by atoms with Gasteiger partial charge in [-0.1, -0.05) is 30.7 Å². The highest BCUT2D eigenvalue weighted by atomic mass is 35.5. The number of benzene rings is 1. The highest BCUT2D eigenvalue weighted by Crippen LogP contribution is 2.33. The second-order valence-electron chi connectivity index (χ2n) is 4.25. The van der Waals surface area contributed by atoms with Gasteiger partial charge in [0.1, 0.15) is 0 Å². The number of rotatable bonds is 1. The molecule has 1 aromatic rings. The third kappa shape index (κ3) is 3.19. The van der Waals surface area contributed by atoms with Crippen LogP contribution in [-0.4, -0.2) is 18.6 Å². The summed E-state index contributed by atoms with van der Waals surface area (Å²) in [7, 11) is 0. The summed E-state index contributed by atoms with van der Waals surface area (Å²) in [6.45, 7) is 4.66. The van der Waals surface area contributed by atoms with Gasteiger partial charge in [-0.3, -0.25) is 4.79 Å². The number of amides is 1. The van der Waals surface area contributed by atoms with E-state index in [2.05, 4.69) is 5.32 Å². The van der Waals surface area contributed by atoms with E-state index in [1.165, 1.54) is 0 Å². The van der Waals surface area contributed by atoms with E-state index in [4.69, 9.17) is 21.2 Å². The van der Waals surface area contributed by atoms with Crippen LogP contribution in [-0.2, 0) is 14.4 Å². The molecule has 0 bridgehead atoms. The SMILES string of the molecule is Cc1ccc([C@@H]2CNC(=O)[C@H]2C)c(Cl)c1.O=C=O. The Balaban J connectivity index is 0.000000492. The van der Waals surface area contributed by atoms with Gasteiger partial charge in [0.25, 0.3) is 0 Å². The smallest absolute Gasteiger partial charge is 0.355 e. The number of hydrogen-bond donors (Lipinski definition) is 1. The summed E-state index contributed by atoms with van der Waals surface area (Å²) in [4.78, 5) is 27.6. The molecule has 1 aromatic carbocycles. The lowest BCUT2D eigenvalue weighted by atomic mass is 9.89. The van der Waals surface area contributed by atoms with E-state index < -0.39 is 0 Å². The van der Waals surface area contributed by atoms with Crippen molar-refractivity contribution in [3.8, 4) is 0 Å². The lowest BCUT2D eigenvalue weighted by molar-refractivity contribution is -0.191. The number of hydrogen-bond acceptors (Lipinski definition) is 3. The van der Waals surface area contributed by atoms with Gasteiger partial charge in [-0.15, -0.1) is 0 Å². The van der Waals surface area contributed by atoms with Gasteiger partial charge in [-0.25, -0.2) is 0 Å². The molecule has 1 heterocycles. The lowest BCUT2D eigenvalue weighted by Gasteiger charge is -2.14.